The van der Waals surface area contributed by atoms with Crippen molar-refractivity contribution >= 4 is 17.7 Å². The summed E-state index contributed by atoms with van der Waals surface area (Å²) in [6.45, 7) is 8.45. The molecule has 1 aromatic carbocycles. The molecule has 1 saturated heterocycles. The Bertz CT molecular complexity index is 480. The van der Waals surface area contributed by atoms with Crippen LogP contribution in [0, 0.1) is 5.41 Å². The van der Waals surface area contributed by atoms with Crippen LogP contribution in [0.25, 0.3) is 6.08 Å². The number of hydrogen-bond acceptors (Lipinski definition) is 1. The third-order valence-corrected chi connectivity index (χ3v) is 5.02. The summed E-state index contributed by atoms with van der Waals surface area (Å²) in [5.41, 5.74) is 4.31. The topological polar surface area (TPSA) is 12.0 Å². The number of benzene rings is 1. The molecule has 1 fully saturated rings. The first-order valence-corrected chi connectivity index (χ1v) is 6.68. The highest BCUT2D eigenvalue weighted by atomic mass is 35.5. The minimum absolute atomic E-state index is 0.423. The second-order valence-electron chi connectivity index (χ2n) is 5.58. The van der Waals surface area contributed by atoms with E-state index in [1.807, 2.05) is 6.08 Å². The molecule has 1 aliphatic heterocycles. The van der Waals surface area contributed by atoms with Gasteiger partial charge in [-0.05, 0) is 34.9 Å². The number of rotatable bonds is 1. The summed E-state index contributed by atoms with van der Waals surface area (Å²) in [7, 11) is 0. The highest BCUT2D eigenvalue weighted by Gasteiger charge is 2.43. The van der Waals surface area contributed by atoms with E-state index >= 15 is 0 Å². The second kappa shape index (κ2) is 3.86. The second-order valence-corrected chi connectivity index (χ2v) is 5.96. The van der Waals surface area contributed by atoms with E-state index in [2.05, 4.69) is 31.0 Å². The molecule has 2 atom stereocenters. The molecule has 0 spiro atoms. The molecule has 1 aromatic rings. The maximum atomic E-state index is 6.47. The summed E-state index contributed by atoms with van der Waals surface area (Å²) in [5.74, 6) is 0.627. The van der Waals surface area contributed by atoms with Gasteiger partial charge >= 0.3 is 0 Å². The fraction of sp³-hybridized carbons (Fsp3) is 0.467. The molecule has 1 aliphatic carbocycles. The van der Waals surface area contributed by atoms with E-state index in [9.17, 15) is 0 Å². The summed E-state index contributed by atoms with van der Waals surface area (Å²) in [6.07, 6.45) is 4.19. The van der Waals surface area contributed by atoms with Crippen LogP contribution >= 0.6 is 11.6 Å². The Morgan fingerprint density at radius 2 is 2.35 bits per heavy atom. The lowest BCUT2D eigenvalue weighted by Gasteiger charge is -2.37. The Morgan fingerprint density at radius 1 is 1.53 bits per heavy atom. The number of fused-ring (bicyclic) bond motifs is 3. The molecule has 2 heteroatoms. The van der Waals surface area contributed by atoms with Gasteiger partial charge in [0.25, 0.3) is 0 Å². The molecule has 1 nitrogen and oxygen atoms in total. The van der Waals surface area contributed by atoms with Crippen LogP contribution in [0.2, 0.25) is 5.02 Å². The van der Waals surface area contributed by atoms with Gasteiger partial charge in [0.05, 0.1) is 5.02 Å². The van der Waals surface area contributed by atoms with E-state index in [1.165, 1.54) is 17.5 Å². The van der Waals surface area contributed by atoms with Crippen LogP contribution in [0.1, 0.15) is 36.0 Å². The summed E-state index contributed by atoms with van der Waals surface area (Å²) in [5, 5.41) is 4.45. The van der Waals surface area contributed by atoms with Gasteiger partial charge in [0.2, 0.25) is 0 Å². The zero-order valence-corrected chi connectivity index (χ0v) is 11.0. The minimum atomic E-state index is 0.423. The summed E-state index contributed by atoms with van der Waals surface area (Å²) < 4.78 is 0. The van der Waals surface area contributed by atoms with Gasteiger partial charge in [-0.2, -0.15) is 0 Å². The maximum absolute atomic E-state index is 6.47. The summed E-state index contributed by atoms with van der Waals surface area (Å²) >= 11 is 6.47. The Hall–Kier alpha value is -0.790. The van der Waals surface area contributed by atoms with Crippen molar-refractivity contribution < 1.29 is 0 Å². The largest absolute Gasteiger partial charge is 0.316 e. The molecule has 2 aliphatic rings. The van der Waals surface area contributed by atoms with Crippen LogP contribution in [0.3, 0.4) is 0 Å². The quantitative estimate of drug-likeness (QED) is 0.799. The Morgan fingerprint density at radius 3 is 3.12 bits per heavy atom. The standard InChI is InChI=1S/C15H18ClN/c1-3-10-4-5-11-12(14(10)16)6-7-15(2)9-17-8-13(11)15/h3-5,13,17H,1,6-9H2,2H3/t13-,15?/m0/s1. The first-order chi connectivity index (χ1) is 8.15. The molecule has 90 valence electrons. The van der Waals surface area contributed by atoms with Gasteiger partial charge in [-0.15, -0.1) is 0 Å². The molecule has 0 aromatic heterocycles. The zero-order chi connectivity index (χ0) is 12.0. The van der Waals surface area contributed by atoms with Crippen molar-refractivity contribution in [2.75, 3.05) is 13.1 Å². The SMILES string of the molecule is C=Cc1ccc2c(c1Cl)CCC1(C)CNC[C@@H]21. The van der Waals surface area contributed by atoms with Gasteiger partial charge in [-0.3, -0.25) is 0 Å². The van der Waals surface area contributed by atoms with Crippen LogP contribution in [0.15, 0.2) is 18.7 Å². The lowest BCUT2D eigenvalue weighted by Crippen LogP contribution is -2.30. The van der Waals surface area contributed by atoms with Crippen LogP contribution in [-0.4, -0.2) is 13.1 Å². The van der Waals surface area contributed by atoms with Crippen molar-refractivity contribution in [3.8, 4) is 0 Å². The fourth-order valence-corrected chi connectivity index (χ4v) is 3.77. The van der Waals surface area contributed by atoms with Crippen molar-refractivity contribution in [3.05, 3.63) is 40.4 Å². The minimum Gasteiger partial charge on any atom is -0.316 e. The first-order valence-electron chi connectivity index (χ1n) is 6.30. The molecule has 17 heavy (non-hydrogen) atoms. The first kappa shape index (κ1) is 11.3. The van der Waals surface area contributed by atoms with Gasteiger partial charge in [0.1, 0.15) is 0 Å². The van der Waals surface area contributed by atoms with Crippen LogP contribution in [0.5, 0.6) is 0 Å². The van der Waals surface area contributed by atoms with Crippen molar-refractivity contribution in [2.24, 2.45) is 5.41 Å². The van der Waals surface area contributed by atoms with Crippen LogP contribution in [-0.2, 0) is 6.42 Å². The summed E-state index contributed by atoms with van der Waals surface area (Å²) in [6, 6.07) is 4.37. The molecule has 0 bridgehead atoms. The Kier molecular flexibility index (Phi) is 2.57. The molecule has 0 radical (unpaired) electrons. The third-order valence-electron chi connectivity index (χ3n) is 4.57. The van der Waals surface area contributed by atoms with Crippen LogP contribution < -0.4 is 5.32 Å². The van der Waals surface area contributed by atoms with E-state index in [4.69, 9.17) is 11.6 Å². The van der Waals surface area contributed by atoms with E-state index in [0.29, 0.717) is 11.3 Å². The number of hydrogen-bond donors (Lipinski definition) is 1. The van der Waals surface area contributed by atoms with Crippen molar-refractivity contribution in [1.82, 2.24) is 5.32 Å². The van der Waals surface area contributed by atoms with Gasteiger partial charge in [-0.1, -0.05) is 43.3 Å². The zero-order valence-electron chi connectivity index (χ0n) is 10.2. The molecular formula is C15H18ClN. The molecule has 0 saturated carbocycles. The fourth-order valence-electron chi connectivity index (χ4n) is 3.42. The highest BCUT2D eigenvalue weighted by Crippen LogP contribution is 2.49. The van der Waals surface area contributed by atoms with E-state index in [1.54, 1.807) is 0 Å². The Labute approximate surface area is 108 Å². The predicted molar refractivity (Wildman–Crippen MR) is 73.6 cm³/mol. The molecular weight excluding hydrogens is 230 g/mol. The van der Waals surface area contributed by atoms with Crippen molar-refractivity contribution in [1.29, 1.82) is 0 Å². The normalized spacial score (nSPS) is 30.8. The van der Waals surface area contributed by atoms with Gasteiger partial charge in [0.15, 0.2) is 0 Å². The van der Waals surface area contributed by atoms with Gasteiger partial charge in [-0.25, -0.2) is 0 Å². The molecule has 3 rings (SSSR count). The van der Waals surface area contributed by atoms with Gasteiger partial charge < -0.3 is 5.32 Å². The van der Waals surface area contributed by atoms with E-state index < -0.39 is 0 Å². The smallest absolute Gasteiger partial charge is 0.0513 e. The third kappa shape index (κ3) is 1.56. The molecule has 1 N–H and O–H groups in total. The maximum Gasteiger partial charge on any atom is 0.0513 e. The average molecular weight is 248 g/mol. The molecule has 1 unspecified atom stereocenters. The molecule has 0 amide bonds. The predicted octanol–water partition coefficient (Wildman–Crippen LogP) is 3.62. The summed E-state index contributed by atoms with van der Waals surface area (Å²) in [4.78, 5) is 0. The lowest BCUT2D eigenvalue weighted by atomic mass is 9.67. The van der Waals surface area contributed by atoms with E-state index in [-0.39, 0.29) is 0 Å². The Balaban J connectivity index is 2.14. The van der Waals surface area contributed by atoms with Gasteiger partial charge in [0, 0.05) is 19.0 Å². The average Bonchev–Trinajstić information content (AvgIpc) is 2.71. The molecule has 1 heterocycles. The lowest BCUT2D eigenvalue weighted by molar-refractivity contribution is 0.277. The number of nitrogens with one attached hydrogen (secondary N) is 1. The van der Waals surface area contributed by atoms with Crippen molar-refractivity contribution in [3.63, 3.8) is 0 Å². The van der Waals surface area contributed by atoms with Crippen molar-refractivity contribution in [2.45, 2.75) is 25.7 Å². The van der Waals surface area contributed by atoms with E-state index in [0.717, 1.165) is 30.1 Å². The highest BCUT2D eigenvalue weighted by molar-refractivity contribution is 6.33. The number of halogens is 1. The van der Waals surface area contributed by atoms with Crippen LogP contribution in [0.4, 0.5) is 0 Å². The monoisotopic (exact) mass is 247 g/mol.